The van der Waals surface area contributed by atoms with Crippen molar-refractivity contribution in [1.82, 2.24) is 4.90 Å². The van der Waals surface area contributed by atoms with E-state index in [0.717, 1.165) is 22.4 Å². The van der Waals surface area contributed by atoms with Gasteiger partial charge in [0.05, 0.1) is 24.8 Å². The molecule has 1 saturated heterocycles. The number of amides is 1. The summed E-state index contributed by atoms with van der Waals surface area (Å²) in [5.74, 6) is -0.397. The molecule has 2 aromatic carbocycles. The molecule has 0 radical (unpaired) electrons. The van der Waals surface area contributed by atoms with Crippen LogP contribution in [0.5, 0.6) is 5.75 Å². The predicted octanol–water partition coefficient (Wildman–Crippen LogP) is 4.41. The number of hydrogen-bond donors (Lipinski definition) is 1. The molecule has 32 heavy (non-hydrogen) atoms. The first-order valence-corrected chi connectivity index (χ1v) is 10.8. The maximum atomic E-state index is 13.0. The van der Waals surface area contributed by atoms with Gasteiger partial charge in [-0.3, -0.25) is 9.59 Å². The van der Waals surface area contributed by atoms with Gasteiger partial charge in [0, 0.05) is 19.2 Å². The third-order valence-corrected chi connectivity index (χ3v) is 5.45. The lowest BCUT2D eigenvalue weighted by Crippen LogP contribution is -2.32. The van der Waals surface area contributed by atoms with E-state index in [1.165, 1.54) is 4.90 Å². The zero-order chi connectivity index (χ0) is 23.4. The molecule has 2 aromatic rings. The quantitative estimate of drug-likeness (QED) is 0.376. The Morgan fingerprint density at radius 2 is 1.88 bits per heavy atom. The van der Waals surface area contributed by atoms with Crippen LogP contribution in [0.4, 0.5) is 0 Å². The summed E-state index contributed by atoms with van der Waals surface area (Å²) in [6.07, 6.45) is 0. The third kappa shape index (κ3) is 4.86. The van der Waals surface area contributed by atoms with Crippen molar-refractivity contribution < 1.29 is 24.2 Å². The number of hydrogen-bond acceptors (Lipinski definition) is 5. The van der Waals surface area contributed by atoms with Crippen molar-refractivity contribution in [2.75, 3.05) is 26.9 Å². The van der Waals surface area contributed by atoms with Crippen molar-refractivity contribution in [2.24, 2.45) is 5.92 Å². The Balaban J connectivity index is 2.08. The van der Waals surface area contributed by atoms with E-state index in [9.17, 15) is 14.7 Å². The van der Waals surface area contributed by atoms with Crippen LogP contribution in [0.3, 0.4) is 0 Å². The van der Waals surface area contributed by atoms with E-state index in [-0.39, 0.29) is 24.5 Å². The van der Waals surface area contributed by atoms with E-state index < -0.39 is 17.7 Å². The smallest absolute Gasteiger partial charge is 0.295 e. The van der Waals surface area contributed by atoms with Crippen LogP contribution in [0.1, 0.15) is 42.1 Å². The monoisotopic (exact) mass is 437 g/mol. The number of aliphatic hydroxyl groups excluding tert-OH is 1. The summed E-state index contributed by atoms with van der Waals surface area (Å²) in [6, 6.07) is 12.2. The standard InChI is InChI=1S/C26H31NO5/c1-16(2)15-32-21-10-9-20(14-18(21)4)24(28)22-23(19-8-6-7-17(3)13-19)27(11-12-31-5)26(30)25(22)29/h6-10,13-14,16,23,28H,11-12,15H2,1-5H3/b24-22-. The van der Waals surface area contributed by atoms with Gasteiger partial charge in [-0.2, -0.15) is 0 Å². The van der Waals surface area contributed by atoms with Gasteiger partial charge in [-0.15, -0.1) is 0 Å². The van der Waals surface area contributed by atoms with Crippen LogP contribution in [0.25, 0.3) is 5.76 Å². The molecular weight excluding hydrogens is 406 g/mol. The van der Waals surface area contributed by atoms with Crippen LogP contribution in [-0.2, 0) is 14.3 Å². The van der Waals surface area contributed by atoms with Crippen molar-refractivity contribution in [2.45, 2.75) is 33.7 Å². The Hall–Kier alpha value is -3.12. The molecule has 0 spiro atoms. The Bertz CT molecular complexity index is 1040. The maximum Gasteiger partial charge on any atom is 0.295 e. The van der Waals surface area contributed by atoms with Crippen LogP contribution < -0.4 is 4.74 Å². The van der Waals surface area contributed by atoms with E-state index in [1.807, 2.05) is 38.1 Å². The van der Waals surface area contributed by atoms with E-state index >= 15 is 0 Å². The summed E-state index contributed by atoms with van der Waals surface area (Å²) in [5, 5.41) is 11.2. The summed E-state index contributed by atoms with van der Waals surface area (Å²) < 4.78 is 11.0. The second kappa shape index (κ2) is 10.0. The molecule has 0 aliphatic carbocycles. The second-order valence-electron chi connectivity index (χ2n) is 8.58. The minimum Gasteiger partial charge on any atom is -0.507 e. The highest BCUT2D eigenvalue weighted by molar-refractivity contribution is 6.46. The molecule has 1 N–H and O–H groups in total. The molecule has 3 rings (SSSR count). The zero-order valence-electron chi connectivity index (χ0n) is 19.3. The molecule has 0 aromatic heterocycles. The molecule has 0 bridgehead atoms. The number of nitrogens with zero attached hydrogens (tertiary/aromatic N) is 1. The van der Waals surface area contributed by atoms with Crippen LogP contribution >= 0.6 is 0 Å². The number of rotatable bonds is 8. The fraction of sp³-hybridized carbons (Fsp3) is 0.385. The molecule has 1 atom stereocenters. The normalized spacial score (nSPS) is 17.9. The van der Waals surface area contributed by atoms with E-state index in [1.54, 1.807) is 25.3 Å². The third-order valence-electron chi connectivity index (χ3n) is 5.45. The van der Waals surface area contributed by atoms with Crippen molar-refractivity contribution in [3.8, 4) is 5.75 Å². The summed E-state index contributed by atoms with van der Waals surface area (Å²) >= 11 is 0. The average Bonchev–Trinajstić information content (AvgIpc) is 3.01. The molecule has 0 saturated carbocycles. The highest BCUT2D eigenvalue weighted by Crippen LogP contribution is 2.39. The summed E-state index contributed by atoms with van der Waals surface area (Å²) in [5.41, 5.74) is 3.18. The minimum absolute atomic E-state index is 0.0898. The van der Waals surface area contributed by atoms with Gasteiger partial charge >= 0.3 is 0 Å². The number of likely N-dealkylation sites (tertiary alicyclic amines) is 1. The van der Waals surface area contributed by atoms with Crippen molar-refractivity contribution in [3.05, 3.63) is 70.3 Å². The van der Waals surface area contributed by atoms with Crippen LogP contribution in [0.2, 0.25) is 0 Å². The van der Waals surface area contributed by atoms with Gasteiger partial charge in [0.1, 0.15) is 11.5 Å². The zero-order valence-corrected chi connectivity index (χ0v) is 19.3. The first kappa shape index (κ1) is 23.5. The number of methoxy groups -OCH3 is 1. The number of carbonyl (C=O) groups is 2. The number of carbonyl (C=O) groups excluding carboxylic acids is 2. The van der Waals surface area contributed by atoms with Gasteiger partial charge in [0.15, 0.2) is 0 Å². The van der Waals surface area contributed by atoms with E-state index in [2.05, 4.69) is 13.8 Å². The van der Waals surface area contributed by atoms with E-state index in [0.29, 0.717) is 18.1 Å². The van der Waals surface area contributed by atoms with Crippen LogP contribution in [0, 0.1) is 19.8 Å². The lowest BCUT2D eigenvalue weighted by atomic mass is 9.94. The van der Waals surface area contributed by atoms with Gasteiger partial charge in [0.2, 0.25) is 0 Å². The molecule has 6 nitrogen and oxygen atoms in total. The molecule has 1 aliphatic rings. The van der Waals surface area contributed by atoms with Gasteiger partial charge in [-0.1, -0.05) is 43.7 Å². The maximum absolute atomic E-state index is 13.0. The average molecular weight is 438 g/mol. The number of aryl methyl sites for hydroxylation is 2. The highest BCUT2D eigenvalue weighted by Gasteiger charge is 2.45. The minimum atomic E-state index is -0.692. The SMILES string of the molecule is COCCN1C(=O)C(=O)/C(=C(\O)c2ccc(OCC(C)C)c(C)c2)C1c1cccc(C)c1. The fourth-order valence-electron chi connectivity index (χ4n) is 3.86. The molecule has 170 valence electrons. The van der Waals surface area contributed by atoms with Gasteiger partial charge in [-0.05, 0) is 49.1 Å². The summed E-state index contributed by atoms with van der Waals surface area (Å²) in [4.78, 5) is 27.3. The predicted molar refractivity (Wildman–Crippen MR) is 124 cm³/mol. The first-order chi connectivity index (χ1) is 15.2. The van der Waals surface area contributed by atoms with Crippen molar-refractivity contribution >= 4 is 17.4 Å². The van der Waals surface area contributed by atoms with Gasteiger partial charge < -0.3 is 19.5 Å². The second-order valence-corrected chi connectivity index (χ2v) is 8.58. The molecular formula is C26H31NO5. The topological polar surface area (TPSA) is 76.1 Å². The van der Waals surface area contributed by atoms with Crippen LogP contribution in [0.15, 0.2) is 48.0 Å². The summed E-state index contributed by atoms with van der Waals surface area (Å²) in [7, 11) is 1.55. The summed E-state index contributed by atoms with van der Waals surface area (Å²) in [6.45, 7) is 9.11. The number of aliphatic hydroxyl groups is 1. The van der Waals surface area contributed by atoms with Crippen molar-refractivity contribution in [3.63, 3.8) is 0 Å². The van der Waals surface area contributed by atoms with Gasteiger partial charge in [0.25, 0.3) is 11.7 Å². The molecule has 1 heterocycles. The van der Waals surface area contributed by atoms with Gasteiger partial charge in [-0.25, -0.2) is 0 Å². The Kier molecular flexibility index (Phi) is 7.36. The fourth-order valence-corrected chi connectivity index (χ4v) is 3.86. The number of benzene rings is 2. The Morgan fingerprint density at radius 1 is 1.12 bits per heavy atom. The Labute approximate surface area is 189 Å². The molecule has 6 heteroatoms. The number of ketones is 1. The lowest BCUT2D eigenvalue weighted by molar-refractivity contribution is -0.140. The van der Waals surface area contributed by atoms with E-state index in [4.69, 9.17) is 9.47 Å². The molecule has 1 amide bonds. The largest absolute Gasteiger partial charge is 0.507 e. The van der Waals surface area contributed by atoms with Crippen molar-refractivity contribution in [1.29, 1.82) is 0 Å². The molecule has 1 fully saturated rings. The first-order valence-electron chi connectivity index (χ1n) is 10.8. The number of Topliss-reactive ketones (excluding diaryl/α,β-unsaturated/α-hetero) is 1. The molecule has 1 unspecified atom stereocenters. The highest BCUT2D eigenvalue weighted by atomic mass is 16.5. The Morgan fingerprint density at radius 3 is 2.50 bits per heavy atom. The van der Waals surface area contributed by atoms with Crippen LogP contribution in [-0.4, -0.2) is 48.6 Å². The number of ether oxygens (including phenoxy) is 2. The molecule has 1 aliphatic heterocycles. The lowest BCUT2D eigenvalue weighted by Gasteiger charge is -2.25.